The van der Waals surface area contributed by atoms with E-state index in [1.165, 1.54) is 18.3 Å². The van der Waals surface area contributed by atoms with E-state index in [2.05, 4.69) is 10.3 Å². The number of carbonyl (C=O) groups excluding carboxylic acids is 1. The average Bonchev–Trinajstić information content (AvgIpc) is 2.14. The first-order chi connectivity index (χ1) is 7.82. The molecule has 7 nitrogen and oxygen atoms in total. The van der Waals surface area contributed by atoms with E-state index in [1.54, 1.807) is 13.8 Å². The lowest BCUT2D eigenvalue weighted by molar-refractivity contribution is -0.384. The number of nitrogens with one attached hydrogen (secondary N) is 1. The standard InChI is InChI=1S/C10H14N4O3/c1-10(2,6-8(11)15)13-9-7(14(16)17)4-3-5-12-9/h3-5H,6H2,1-2H3,(H2,11,15)(H,12,13). The van der Waals surface area contributed by atoms with Gasteiger partial charge >= 0.3 is 5.69 Å². The lowest BCUT2D eigenvalue weighted by Gasteiger charge is -2.24. The highest BCUT2D eigenvalue weighted by atomic mass is 16.6. The molecule has 0 bridgehead atoms. The molecule has 7 heteroatoms. The van der Waals surface area contributed by atoms with Crippen LogP contribution in [0, 0.1) is 10.1 Å². The molecule has 92 valence electrons. The van der Waals surface area contributed by atoms with Crippen LogP contribution in [0.15, 0.2) is 18.3 Å². The maximum atomic E-state index is 10.9. The molecule has 0 fully saturated rings. The Hall–Kier alpha value is -2.18. The molecule has 17 heavy (non-hydrogen) atoms. The monoisotopic (exact) mass is 238 g/mol. The zero-order valence-electron chi connectivity index (χ0n) is 9.64. The van der Waals surface area contributed by atoms with Gasteiger partial charge < -0.3 is 11.1 Å². The molecule has 0 aliphatic heterocycles. The number of primary amides is 1. The Balaban J connectivity index is 2.95. The Kier molecular flexibility index (Phi) is 3.62. The molecule has 3 N–H and O–H groups in total. The Morgan fingerprint density at radius 1 is 1.65 bits per heavy atom. The highest BCUT2D eigenvalue weighted by Gasteiger charge is 2.24. The second-order valence-electron chi connectivity index (χ2n) is 4.28. The minimum absolute atomic E-state index is 0.0563. The molecule has 1 amide bonds. The molecular weight excluding hydrogens is 224 g/mol. The molecule has 1 aromatic heterocycles. The Labute approximate surface area is 98.2 Å². The Morgan fingerprint density at radius 2 is 2.29 bits per heavy atom. The van der Waals surface area contributed by atoms with E-state index >= 15 is 0 Å². The summed E-state index contributed by atoms with van der Waals surface area (Å²) < 4.78 is 0. The predicted octanol–water partition coefficient (Wildman–Crippen LogP) is 1.06. The summed E-state index contributed by atoms with van der Waals surface area (Å²) >= 11 is 0. The molecule has 0 atom stereocenters. The number of anilines is 1. The van der Waals surface area contributed by atoms with Crippen LogP contribution in [-0.2, 0) is 4.79 Å². The summed E-state index contributed by atoms with van der Waals surface area (Å²) in [7, 11) is 0. The highest BCUT2D eigenvalue weighted by Crippen LogP contribution is 2.24. The van der Waals surface area contributed by atoms with Crippen molar-refractivity contribution < 1.29 is 9.72 Å². The first kappa shape index (κ1) is 12.9. The van der Waals surface area contributed by atoms with Crippen LogP contribution < -0.4 is 11.1 Å². The number of nitrogens with zero attached hydrogens (tertiary/aromatic N) is 2. The third-order valence-corrected chi connectivity index (χ3v) is 2.06. The van der Waals surface area contributed by atoms with Crippen LogP contribution in [0.1, 0.15) is 20.3 Å². The predicted molar refractivity (Wildman–Crippen MR) is 62.4 cm³/mol. The number of aromatic nitrogens is 1. The van der Waals surface area contributed by atoms with Crippen LogP contribution in [0.2, 0.25) is 0 Å². The topological polar surface area (TPSA) is 111 Å². The first-order valence-corrected chi connectivity index (χ1v) is 4.98. The summed E-state index contributed by atoms with van der Waals surface area (Å²) in [5.74, 6) is -0.357. The van der Waals surface area contributed by atoms with Gasteiger partial charge in [0.15, 0.2) is 0 Å². The number of nitrogens with two attached hydrogens (primary N) is 1. The summed E-state index contributed by atoms with van der Waals surface area (Å²) in [6, 6.07) is 2.82. The van der Waals surface area contributed by atoms with Crippen LogP contribution in [0.5, 0.6) is 0 Å². The minimum atomic E-state index is -0.690. The van der Waals surface area contributed by atoms with E-state index in [1.807, 2.05) is 0 Å². The number of pyridine rings is 1. The number of rotatable bonds is 5. The van der Waals surface area contributed by atoms with Gasteiger partial charge in [0.1, 0.15) is 0 Å². The number of amides is 1. The van der Waals surface area contributed by atoms with Crippen molar-refractivity contribution in [1.29, 1.82) is 0 Å². The quantitative estimate of drug-likeness (QED) is 0.588. The number of nitro groups is 1. The fraction of sp³-hybridized carbons (Fsp3) is 0.400. The van der Waals surface area contributed by atoms with Gasteiger partial charge in [-0.3, -0.25) is 14.9 Å². The van der Waals surface area contributed by atoms with Crippen molar-refractivity contribution in [3.63, 3.8) is 0 Å². The van der Waals surface area contributed by atoms with Gasteiger partial charge in [0, 0.05) is 24.2 Å². The highest BCUT2D eigenvalue weighted by molar-refractivity contribution is 5.76. The fourth-order valence-electron chi connectivity index (χ4n) is 1.44. The molecule has 0 aliphatic carbocycles. The second-order valence-corrected chi connectivity index (χ2v) is 4.28. The zero-order valence-corrected chi connectivity index (χ0v) is 9.64. The molecule has 0 unspecified atom stereocenters. The van der Waals surface area contributed by atoms with Crippen LogP contribution in [0.3, 0.4) is 0 Å². The summed E-state index contributed by atoms with van der Waals surface area (Å²) in [6.07, 6.45) is 1.50. The van der Waals surface area contributed by atoms with Crippen molar-refractivity contribution in [2.75, 3.05) is 5.32 Å². The van der Waals surface area contributed by atoms with Crippen LogP contribution in [-0.4, -0.2) is 21.4 Å². The van der Waals surface area contributed by atoms with Crippen molar-refractivity contribution in [2.24, 2.45) is 5.73 Å². The first-order valence-electron chi connectivity index (χ1n) is 4.98. The lowest BCUT2D eigenvalue weighted by atomic mass is 10.0. The van der Waals surface area contributed by atoms with Gasteiger partial charge in [0.25, 0.3) is 0 Å². The van der Waals surface area contributed by atoms with Gasteiger partial charge in [-0.1, -0.05) is 0 Å². The molecule has 0 aromatic carbocycles. The maximum absolute atomic E-state index is 10.9. The molecule has 1 heterocycles. The summed E-state index contributed by atoms with van der Waals surface area (Å²) in [5.41, 5.74) is 4.27. The van der Waals surface area contributed by atoms with E-state index in [0.29, 0.717) is 0 Å². The van der Waals surface area contributed by atoms with E-state index in [9.17, 15) is 14.9 Å². The Morgan fingerprint density at radius 3 is 2.82 bits per heavy atom. The normalized spacial score (nSPS) is 10.9. The third-order valence-electron chi connectivity index (χ3n) is 2.06. The van der Waals surface area contributed by atoms with Crippen molar-refractivity contribution in [2.45, 2.75) is 25.8 Å². The second kappa shape index (κ2) is 4.77. The number of carbonyl (C=O) groups is 1. The van der Waals surface area contributed by atoms with Crippen LogP contribution in [0.4, 0.5) is 11.5 Å². The number of hydrogen-bond donors (Lipinski definition) is 2. The molecule has 0 saturated carbocycles. The van der Waals surface area contributed by atoms with Crippen molar-refractivity contribution in [1.82, 2.24) is 4.98 Å². The molecule has 0 spiro atoms. The van der Waals surface area contributed by atoms with Crippen molar-refractivity contribution in [3.8, 4) is 0 Å². The van der Waals surface area contributed by atoms with Gasteiger partial charge in [-0.2, -0.15) is 0 Å². The largest absolute Gasteiger partial charge is 0.370 e. The fourth-order valence-corrected chi connectivity index (χ4v) is 1.44. The molecule has 1 aromatic rings. The molecule has 1 rings (SSSR count). The van der Waals surface area contributed by atoms with E-state index in [0.717, 1.165) is 0 Å². The van der Waals surface area contributed by atoms with E-state index in [-0.39, 0.29) is 17.9 Å². The third kappa shape index (κ3) is 3.71. The molecule has 0 saturated heterocycles. The van der Waals surface area contributed by atoms with Gasteiger partial charge in [-0.15, -0.1) is 0 Å². The van der Waals surface area contributed by atoms with Gasteiger partial charge in [0.2, 0.25) is 11.7 Å². The molecular formula is C10H14N4O3. The maximum Gasteiger partial charge on any atom is 0.311 e. The SMILES string of the molecule is CC(C)(CC(N)=O)Nc1ncccc1[N+](=O)[O-]. The van der Waals surface area contributed by atoms with E-state index < -0.39 is 16.4 Å². The van der Waals surface area contributed by atoms with Crippen molar-refractivity contribution in [3.05, 3.63) is 28.4 Å². The molecule has 0 radical (unpaired) electrons. The van der Waals surface area contributed by atoms with Crippen molar-refractivity contribution >= 4 is 17.4 Å². The average molecular weight is 238 g/mol. The van der Waals surface area contributed by atoms with Crippen LogP contribution >= 0.6 is 0 Å². The molecule has 0 aliphatic rings. The zero-order chi connectivity index (χ0) is 13.1. The smallest absolute Gasteiger partial charge is 0.311 e. The Bertz CT molecular complexity index is 445. The van der Waals surface area contributed by atoms with Gasteiger partial charge in [-0.25, -0.2) is 4.98 Å². The summed E-state index contributed by atoms with van der Waals surface area (Å²) in [5, 5.41) is 13.6. The van der Waals surface area contributed by atoms with Gasteiger partial charge in [-0.05, 0) is 19.9 Å². The summed E-state index contributed by atoms with van der Waals surface area (Å²) in [4.78, 5) is 25.0. The number of hydrogen-bond acceptors (Lipinski definition) is 5. The minimum Gasteiger partial charge on any atom is -0.370 e. The van der Waals surface area contributed by atoms with E-state index in [4.69, 9.17) is 5.73 Å². The summed E-state index contributed by atoms with van der Waals surface area (Å²) in [6.45, 7) is 3.44. The van der Waals surface area contributed by atoms with Crippen LogP contribution in [0.25, 0.3) is 0 Å². The van der Waals surface area contributed by atoms with Gasteiger partial charge in [0.05, 0.1) is 4.92 Å². The lowest BCUT2D eigenvalue weighted by Crippen LogP contribution is -2.36.